The van der Waals surface area contributed by atoms with E-state index in [9.17, 15) is 10.4 Å². The van der Waals surface area contributed by atoms with E-state index in [1.165, 1.54) is 30.3 Å². The fourth-order valence-corrected chi connectivity index (χ4v) is 1.24. The molecule has 0 aromatic heterocycles. The van der Waals surface area contributed by atoms with Crippen molar-refractivity contribution >= 4 is 0 Å². The Morgan fingerprint density at radius 2 is 1.47 bits per heavy atom. The molecule has 1 aromatic rings. The smallest absolute Gasteiger partial charge is 0.591 e. The third-order valence-corrected chi connectivity index (χ3v) is 2.05. The number of rotatable bonds is 3. The van der Waals surface area contributed by atoms with Gasteiger partial charge in [0.15, 0.2) is 0 Å². The van der Waals surface area contributed by atoms with E-state index >= 15 is 0 Å². The maximum Gasteiger partial charge on any atom is 1.00 e. The van der Waals surface area contributed by atoms with Gasteiger partial charge in [0.25, 0.3) is 0 Å². The van der Waals surface area contributed by atoms with E-state index in [2.05, 4.69) is 10.6 Å². The van der Waals surface area contributed by atoms with Crippen LogP contribution in [0.3, 0.4) is 0 Å². The van der Waals surface area contributed by atoms with Crippen molar-refractivity contribution < 1.29 is 79.3 Å². The van der Waals surface area contributed by atoms with Crippen molar-refractivity contribution in [2.75, 3.05) is 0 Å². The Morgan fingerprint density at radius 1 is 1.05 bits per heavy atom. The molecule has 0 saturated heterocycles. The maximum atomic E-state index is 11.3. The van der Waals surface area contributed by atoms with Crippen molar-refractivity contribution in [1.29, 1.82) is 5.26 Å². The summed E-state index contributed by atoms with van der Waals surface area (Å²) in [6.07, 6.45) is 0. The van der Waals surface area contributed by atoms with Crippen molar-refractivity contribution in [2.24, 2.45) is 10.6 Å². The molecule has 1 rings (SSSR count). The van der Waals surface area contributed by atoms with Gasteiger partial charge in [-0.3, -0.25) is 0 Å². The van der Waals surface area contributed by atoms with Gasteiger partial charge in [-0.15, -0.1) is 0 Å². The van der Waals surface area contributed by atoms with Crippen LogP contribution in [0, 0.1) is 21.7 Å². The predicted octanol–water partition coefficient (Wildman–Crippen LogP) is -4.93. The Labute approximate surface area is 152 Å². The molecular weight excluding hydrogens is 276 g/mol. The second kappa shape index (κ2) is 9.08. The summed E-state index contributed by atoms with van der Waals surface area (Å²) in [5.41, 5.74) is -2.73. The predicted molar refractivity (Wildman–Crippen MR) is 49.4 cm³/mol. The summed E-state index contributed by atoms with van der Waals surface area (Å²) in [6.45, 7) is 0. The molecule has 0 aliphatic rings. The monoisotopic (exact) mass is 283 g/mol. The number of nitriles is 1. The zero-order chi connectivity index (χ0) is 12.9. The Balaban J connectivity index is 0. The van der Waals surface area contributed by atoms with Crippen molar-refractivity contribution in [1.82, 2.24) is 0 Å². The molecule has 2 N–H and O–H groups in total. The van der Waals surface area contributed by atoms with Crippen LogP contribution in [0.25, 0.3) is 0 Å². The zero-order valence-corrected chi connectivity index (χ0v) is 14.3. The van der Waals surface area contributed by atoms with Crippen LogP contribution in [0.5, 0.6) is 0 Å². The molecule has 0 spiro atoms. The summed E-state index contributed by atoms with van der Waals surface area (Å²) in [5.74, 6) is 0. The first-order chi connectivity index (χ1) is 8.13. The van der Waals surface area contributed by atoms with Gasteiger partial charge in [-0.2, -0.15) is 5.26 Å². The molecule has 0 saturated carbocycles. The van der Waals surface area contributed by atoms with Crippen LogP contribution < -0.4 is 59.1 Å². The first-order valence-corrected chi connectivity index (χ1v) is 4.25. The van der Waals surface area contributed by atoms with Gasteiger partial charge in [0, 0.05) is 9.72 Å². The van der Waals surface area contributed by atoms with Gasteiger partial charge < -0.3 is 20.8 Å². The number of hydroxylamine groups is 2. The molecule has 9 nitrogen and oxygen atoms in total. The van der Waals surface area contributed by atoms with Crippen LogP contribution in [-0.2, 0) is 5.66 Å². The quantitative estimate of drug-likeness (QED) is 0.188. The van der Waals surface area contributed by atoms with Crippen LogP contribution >= 0.6 is 0 Å². The molecule has 0 aliphatic carbocycles. The standard InChI is InChI=1S/C8H7N5O4.2Na/c9-6-8(12(16)10-14,13(17)11-15)7-4-2-1-3-5-7;;/h1-5,14-15H;;/q;2*+1. The SMILES string of the molecule is N#CC(c1ccccc1)([N+]([O-])=NO)[N+]([O-])=NO.[Na+].[Na+]. The van der Waals surface area contributed by atoms with E-state index in [0.717, 1.165) is 0 Å². The van der Waals surface area contributed by atoms with Crippen molar-refractivity contribution in [3.63, 3.8) is 0 Å². The van der Waals surface area contributed by atoms with E-state index in [1.54, 1.807) is 6.07 Å². The minimum atomic E-state index is -2.62. The Morgan fingerprint density at radius 3 is 1.79 bits per heavy atom. The third kappa shape index (κ3) is 3.79. The summed E-state index contributed by atoms with van der Waals surface area (Å²) >= 11 is 0. The molecule has 88 valence electrons. The number of benzene rings is 1. The van der Waals surface area contributed by atoms with Crippen LogP contribution in [0.1, 0.15) is 5.56 Å². The van der Waals surface area contributed by atoms with Gasteiger partial charge in [-0.25, -0.2) is 0 Å². The summed E-state index contributed by atoms with van der Waals surface area (Å²) in [7, 11) is 0. The molecule has 0 radical (unpaired) electrons. The van der Waals surface area contributed by atoms with Crippen molar-refractivity contribution in [3.05, 3.63) is 46.3 Å². The minimum Gasteiger partial charge on any atom is -0.591 e. The molecule has 0 unspecified atom stereocenters. The first kappa shape index (κ1) is 20.4. The van der Waals surface area contributed by atoms with E-state index in [4.69, 9.17) is 15.7 Å². The van der Waals surface area contributed by atoms with E-state index in [0.29, 0.717) is 0 Å². The average molecular weight is 283 g/mol. The van der Waals surface area contributed by atoms with Gasteiger partial charge in [0.2, 0.25) is 16.6 Å². The molecule has 1 aromatic carbocycles. The summed E-state index contributed by atoms with van der Waals surface area (Å²) < 4.78 is 0. The normalized spacial score (nSPS) is 14.3. The van der Waals surface area contributed by atoms with Crippen LogP contribution in [0.2, 0.25) is 0 Å². The molecule has 11 heteroatoms. The number of hydrogen-bond acceptors (Lipinski definition) is 5. The van der Waals surface area contributed by atoms with Crippen molar-refractivity contribution in [3.8, 4) is 6.07 Å². The summed E-state index contributed by atoms with van der Waals surface area (Å²) in [6, 6.07) is 8.40. The third-order valence-electron chi connectivity index (χ3n) is 2.05. The number of nitrogens with zero attached hydrogens (tertiary/aromatic N) is 5. The molecule has 0 atom stereocenters. The van der Waals surface area contributed by atoms with Crippen LogP contribution in [-0.4, -0.2) is 20.1 Å². The fourth-order valence-electron chi connectivity index (χ4n) is 1.24. The molecule has 0 amide bonds. The number of hydrogen-bond donors (Lipinski definition) is 2. The van der Waals surface area contributed by atoms with Gasteiger partial charge in [-0.1, -0.05) is 18.2 Å². The topological polar surface area (TPSA) is 141 Å². The second-order valence-corrected chi connectivity index (χ2v) is 2.87. The van der Waals surface area contributed by atoms with Crippen molar-refractivity contribution in [2.45, 2.75) is 5.66 Å². The molecule has 0 fully saturated rings. The van der Waals surface area contributed by atoms with Gasteiger partial charge >= 0.3 is 64.8 Å². The summed E-state index contributed by atoms with van der Waals surface area (Å²) in [4.78, 5) is -1.12. The summed E-state index contributed by atoms with van der Waals surface area (Å²) in [5, 5.41) is 52.9. The largest absolute Gasteiger partial charge is 1.00 e. The van der Waals surface area contributed by atoms with Gasteiger partial charge in [-0.05, 0) is 12.1 Å². The molecular formula is C8H7N5Na2O4+2. The average Bonchev–Trinajstić information content (AvgIpc) is 2.40. The molecule has 0 bridgehead atoms. The zero-order valence-electron chi connectivity index (χ0n) is 10.3. The second-order valence-electron chi connectivity index (χ2n) is 2.87. The van der Waals surface area contributed by atoms with E-state index < -0.39 is 15.4 Å². The van der Waals surface area contributed by atoms with Crippen LogP contribution in [0.15, 0.2) is 40.9 Å². The van der Waals surface area contributed by atoms with Crippen LogP contribution in [0.4, 0.5) is 0 Å². The minimum absolute atomic E-state index is 0. The first-order valence-electron chi connectivity index (χ1n) is 4.25. The molecule has 0 heterocycles. The Hall–Kier alpha value is -0.890. The Kier molecular flexibility index (Phi) is 9.77. The van der Waals surface area contributed by atoms with Gasteiger partial charge in [0.1, 0.15) is 5.56 Å². The van der Waals surface area contributed by atoms with E-state index in [1.807, 2.05) is 0 Å². The molecule has 0 aliphatic heterocycles. The fraction of sp³-hybridized carbons (Fsp3) is 0.125. The molecule has 19 heavy (non-hydrogen) atoms. The van der Waals surface area contributed by atoms with Gasteiger partial charge in [0.05, 0.1) is 0 Å². The maximum absolute atomic E-state index is 11.3. The van der Waals surface area contributed by atoms with E-state index in [-0.39, 0.29) is 64.7 Å². The Bertz CT molecular complexity index is 484.